The Balaban J connectivity index is 1.29. The zero-order valence-corrected chi connectivity index (χ0v) is 24.9. The van der Waals surface area contributed by atoms with Crippen molar-refractivity contribution in [2.45, 2.75) is 58.6 Å². The maximum Gasteiger partial charge on any atom is 0.319 e. The highest BCUT2D eigenvalue weighted by Crippen LogP contribution is 2.32. The van der Waals surface area contributed by atoms with Crippen molar-refractivity contribution in [3.05, 3.63) is 72.3 Å². The lowest BCUT2D eigenvalue weighted by molar-refractivity contribution is 0.0996. The standard InChI is InChI=1S/C33H42N4O5/c1-5-6-19-37-20-17-28(18-21-37)41-26-11-7-24(8-12-26)32(38)36-30-16-15-29(22-31(30)40-4)42-27-13-9-25(10-14-27)35-33(39)34-23(2)3/h7-16,22-23,28H,5-6,17-21H2,1-4H3,(H,36,38)(H2,34,35,39). The molecule has 0 unspecified atom stereocenters. The number of urea groups is 1. The first-order chi connectivity index (χ1) is 20.3. The Morgan fingerprint density at radius 1 is 0.905 bits per heavy atom. The van der Waals surface area contributed by atoms with E-state index in [0.717, 1.165) is 31.7 Å². The Kier molecular flexibility index (Phi) is 11.1. The first-order valence-corrected chi connectivity index (χ1v) is 14.7. The van der Waals surface area contributed by atoms with Crippen LogP contribution in [0.4, 0.5) is 16.2 Å². The van der Waals surface area contributed by atoms with Crippen molar-refractivity contribution in [3.63, 3.8) is 0 Å². The normalized spacial score (nSPS) is 13.8. The molecule has 9 heteroatoms. The zero-order chi connectivity index (χ0) is 29.9. The molecule has 0 saturated carbocycles. The van der Waals surface area contributed by atoms with Crippen LogP contribution in [0.1, 0.15) is 56.8 Å². The average molecular weight is 575 g/mol. The molecule has 9 nitrogen and oxygen atoms in total. The van der Waals surface area contributed by atoms with Gasteiger partial charge in [0.2, 0.25) is 0 Å². The number of rotatable bonds is 12. The monoisotopic (exact) mass is 574 g/mol. The third kappa shape index (κ3) is 9.14. The smallest absolute Gasteiger partial charge is 0.319 e. The van der Waals surface area contributed by atoms with E-state index in [9.17, 15) is 9.59 Å². The molecule has 1 aliphatic heterocycles. The van der Waals surface area contributed by atoms with E-state index in [1.54, 1.807) is 54.6 Å². The molecule has 1 saturated heterocycles. The Morgan fingerprint density at radius 3 is 2.21 bits per heavy atom. The minimum absolute atomic E-state index is 0.0452. The van der Waals surface area contributed by atoms with Gasteiger partial charge in [-0.1, -0.05) is 13.3 Å². The quantitative estimate of drug-likeness (QED) is 0.217. The molecule has 1 aliphatic rings. The number of hydrogen-bond acceptors (Lipinski definition) is 6. The Bertz CT molecular complexity index is 1300. The fraction of sp³-hybridized carbons (Fsp3) is 0.394. The lowest BCUT2D eigenvalue weighted by Crippen LogP contribution is -2.38. The first kappa shape index (κ1) is 30.7. The second kappa shape index (κ2) is 15.1. The van der Waals surface area contributed by atoms with E-state index in [1.165, 1.54) is 26.5 Å². The molecule has 0 atom stereocenters. The number of anilines is 2. The Labute approximate surface area is 248 Å². The van der Waals surface area contributed by atoms with Crippen molar-refractivity contribution in [3.8, 4) is 23.0 Å². The van der Waals surface area contributed by atoms with Crippen molar-refractivity contribution in [2.24, 2.45) is 0 Å². The van der Waals surface area contributed by atoms with Gasteiger partial charge in [0.15, 0.2) is 0 Å². The van der Waals surface area contributed by atoms with Gasteiger partial charge in [-0.15, -0.1) is 0 Å². The summed E-state index contributed by atoms with van der Waals surface area (Å²) in [6.45, 7) is 9.32. The molecule has 0 radical (unpaired) electrons. The van der Waals surface area contributed by atoms with Crippen molar-refractivity contribution >= 4 is 23.3 Å². The zero-order valence-electron chi connectivity index (χ0n) is 24.9. The highest BCUT2D eigenvalue weighted by atomic mass is 16.5. The minimum atomic E-state index is -0.265. The van der Waals surface area contributed by atoms with Crippen LogP contribution in [0.25, 0.3) is 0 Å². The number of nitrogens with one attached hydrogen (secondary N) is 3. The minimum Gasteiger partial charge on any atom is -0.494 e. The van der Waals surface area contributed by atoms with E-state index >= 15 is 0 Å². The molecule has 0 spiro atoms. The average Bonchev–Trinajstić information content (AvgIpc) is 2.98. The van der Waals surface area contributed by atoms with E-state index in [0.29, 0.717) is 34.2 Å². The molecule has 0 aliphatic carbocycles. The highest BCUT2D eigenvalue weighted by Gasteiger charge is 2.20. The topological polar surface area (TPSA) is 101 Å². The molecular formula is C33H42N4O5. The Morgan fingerprint density at radius 2 is 1.57 bits per heavy atom. The second-order valence-electron chi connectivity index (χ2n) is 10.7. The van der Waals surface area contributed by atoms with Gasteiger partial charge in [-0.25, -0.2) is 4.79 Å². The van der Waals surface area contributed by atoms with Gasteiger partial charge in [0.05, 0.1) is 12.8 Å². The van der Waals surface area contributed by atoms with Crippen LogP contribution in [0.2, 0.25) is 0 Å². The summed E-state index contributed by atoms with van der Waals surface area (Å²) in [7, 11) is 1.54. The van der Waals surface area contributed by atoms with E-state index < -0.39 is 0 Å². The van der Waals surface area contributed by atoms with Gasteiger partial charge >= 0.3 is 6.03 Å². The predicted octanol–water partition coefficient (Wildman–Crippen LogP) is 6.91. The summed E-state index contributed by atoms with van der Waals surface area (Å²) in [5.41, 5.74) is 1.70. The first-order valence-electron chi connectivity index (χ1n) is 14.7. The molecule has 0 bridgehead atoms. The Hall–Kier alpha value is -4.24. The van der Waals surface area contributed by atoms with E-state index in [1.807, 2.05) is 26.0 Å². The summed E-state index contributed by atoms with van der Waals surface area (Å²) >= 11 is 0. The number of piperidine rings is 1. The molecule has 3 aromatic carbocycles. The van der Waals surface area contributed by atoms with Crippen molar-refractivity contribution in [2.75, 3.05) is 37.4 Å². The number of nitrogens with zero attached hydrogens (tertiary/aromatic N) is 1. The van der Waals surface area contributed by atoms with E-state index in [4.69, 9.17) is 14.2 Å². The molecule has 0 aromatic heterocycles. The molecule has 3 amide bonds. The van der Waals surface area contributed by atoms with E-state index in [2.05, 4.69) is 27.8 Å². The van der Waals surface area contributed by atoms with Crippen molar-refractivity contribution in [1.82, 2.24) is 10.2 Å². The maximum absolute atomic E-state index is 13.0. The molecule has 1 heterocycles. The van der Waals surface area contributed by atoms with Crippen molar-refractivity contribution < 1.29 is 23.8 Å². The summed E-state index contributed by atoms with van der Waals surface area (Å²) in [5.74, 6) is 2.13. The van der Waals surface area contributed by atoms with Crippen LogP contribution >= 0.6 is 0 Å². The number of methoxy groups -OCH3 is 1. The van der Waals surface area contributed by atoms with Crippen molar-refractivity contribution in [1.29, 1.82) is 0 Å². The lowest BCUT2D eigenvalue weighted by atomic mass is 10.1. The molecular weight excluding hydrogens is 532 g/mol. The number of unbranched alkanes of at least 4 members (excludes halogenated alkanes) is 1. The molecule has 224 valence electrons. The van der Waals surface area contributed by atoms with Gasteiger partial charge in [0.1, 0.15) is 29.1 Å². The number of ether oxygens (including phenoxy) is 3. The molecule has 4 rings (SSSR count). The number of hydrogen-bond donors (Lipinski definition) is 3. The van der Waals surface area contributed by atoms with Crippen LogP contribution in [-0.4, -0.2) is 55.7 Å². The number of carbonyl (C=O) groups excluding carboxylic acids is 2. The number of amides is 3. The fourth-order valence-corrected chi connectivity index (χ4v) is 4.71. The molecule has 42 heavy (non-hydrogen) atoms. The number of benzene rings is 3. The predicted molar refractivity (Wildman–Crippen MR) is 166 cm³/mol. The largest absolute Gasteiger partial charge is 0.494 e. The summed E-state index contributed by atoms with van der Waals surface area (Å²) in [6, 6.07) is 19.3. The van der Waals surface area contributed by atoms with Gasteiger partial charge in [-0.2, -0.15) is 0 Å². The van der Waals surface area contributed by atoms with Crippen LogP contribution in [0.3, 0.4) is 0 Å². The summed E-state index contributed by atoms with van der Waals surface area (Å²) in [4.78, 5) is 27.4. The van der Waals surface area contributed by atoms with Crippen LogP contribution in [0.5, 0.6) is 23.0 Å². The van der Waals surface area contributed by atoms with Gasteiger partial charge in [-0.3, -0.25) is 4.79 Å². The SMILES string of the molecule is CCCCN1CCC(Oc2ccc(C(=O)Nc3ccc(Oc4ccc(NC(=O)NC(C)C)cc4)cc3OC)cc2)CC1. The fourth-order valence-electron chi connectivity index (χ4n) is 4.71. The van der Waals surface area contributed by atoms with Gasteiger partial charge in [0, 0.05) is 36.4 Å². The summed E-state index contributed by atoms with van der Waals surface area (Å²) in [5, 5.41) is 8.47. The second-order valence-corrected chi connectivity index (χ2v) is 10.7. The van der Waals surface area contributed by atoms with Crippen LogP contribution in [-0.2, 0) is 0 Å². The van der Waals surface area contributed by atoms with Gasteiger partial charge < -0.3 is 35.1 Å². The molecule has 1 fully saturated rings. The molecule has 3 N–H and O–H groups in total. The maximum atomic E-state index is 13.0. The summed E-state index contributed by atoms with van der Waals surface area (Å²) in [6.07, 6.45) is 4.71. The third-order valence-corrected chi connectivity index (χ3v) is 6.97. The lowest BCUT2D eigenvalue weighted by Gasteiger charge is -2.32. The summed E-state index contributed by atoms with van der Waals surface area (Å²) < 4.78 is 17.6. The molecule has 3 aromatic rings. The van der Waals surface area contributed by atoms with Gasteiger partial charge in [0.25, 0.3) is 5.91 Å². The highest BCUT2D eigenvalue weighted by molar-refractivity contribution is 6.05. The van der Waals surface area contributed by atoms with Crippen LogP contribution in [0, 0.1) is 0 Å². The van der Waals surface area contributed by atoms with E-state index in [-0.39, 0.29) is 24.1 Å². The third-order valence-electron chi connectivity index (χ3n) is 6.97. The number of likely N-dealkylation sites (tertiary alicyclic amines) is 1. The van der Waals surface area contributed by atoms with Crippen LogP contribution < -0.4 is 30.2 Å². The van der Waals surface area contributed by atoms with Crippen LogP contribution in [0.15, 0.2) is 66.7 Å². The number of carbonyl (C=O) groups is 2. The van der Waals surface area contributed by atoms with Gasteiger partial charge in [-0.05, 0) is 100 Å².